The standard InChI is InChI=1S/C18H33N3/c1-5-8-14-21(15-9-6-2)18-17(11-10-13-20-18)16(4)19-12-7-3/h10-11,13,16,19H,5-9,12,14-15H2,1-4H3. The van der Waals surface area contributed by atoms with E-state index in [0.29, 0.717) is 6.04 Å². The zero-order valence-corrected chi connectivity index (χ0v) is 14.4. The van der Waals surface area contributed by atoms with E-state index in [1.807, 2.05) is 6.20 Å². The van der Waals surface area contributed by atoms with Gasteiger partial charge in [0, 0.05) is 30.9 Å². The lowest BCUT2D eigenvalue weighted by atomic mass is 10.1. The molecule has 120 valence electrons. The van der Waals surface area contributed by atoms with Crippen molar-refractivity contribution in [2.24, 2.45) is 0 Å². The van der Waals surface area contributed by atoms with Crippen LogP contribution in [0.4, 0.5) is 5.82 Å². The number of nitrogens with zero attached hydrogens (tertiary/aromatic N) is 2. The number of rotatable bonds is 11. The van der Waals surface area contributed by atoms with Gasteiger partial charge in [0.15, 0.2) is 0 Å². The van der Waals surface area contributed by atoms with Crippen LogP contribution in [0.1, 0.15) is 71.4 Å². The molecule has 0 saturated heterocycles. The third-order valence-corrected chi connectivity index (χ3v) is 3.85. The monoisotopic (exact) mass is 291 g/mol. The molecular weight excluding hydrogens is 258 g/mol. The molecule has 0 bridgehead atoms. The summed E-state index contributed by atoms with van der Waals surface area (Å²) in [6.45, 7) is 12.2. The quantitative estimate of drug-likeness (QED) is 0.648. The number of pyridine rings is 1. The zero-order chi connectivity index (χ0) is 15.5. The molecule has 0 aromatic carbocycles. The Balaban J connectivity index is 2.89. The second-order valence-corrected chi connectivity index (χ2v) is 5.79. The van der Waals surface area contributed by atoms with Crippen molar-refractivity contribution in [2.75, 3.05) is 24.5 Å². The molecule has 3 nitrogen and oxygen atoms in total. The molecule has 21 heavy (non-hydrogen) atoms. The van der Waals surface area contributed by atoms with Gasteiger partial charge < -0.3 is 10.2 Å². The van der Waals surface area contributed by atoms with Crippen LogP contribution < -0.4 is 10.2 Å². The zero-order valence-electron chi connectivity index (χ0n) is 14.4. The van der Waals surface area contributed by atoms with Gasteiger partial charge in [-0.25, -0.2) is 4.98 Å². The van der Waals surface area contributed by atoms with Crippen molar-refractivity contribution in [3.8, 4) is 0 Å². The van der Waals surface area contributed by atoms with E-state index >= 15 is 0 Å². The van der Waals surface area contributed by atoms with Crippen LogP contribution >= 0.6 is 0 Å². The molecule has 1 aromatic rings. The van der Waals surface area contributed by atoms with E-state index in [-0.39, 0.29) is 0 Å². The van der Waals surface area contributed by atoms with Crippen LogP contribution in [0.15, 0.2) is 18.3 Å². The topological polar surface area (TPSA) is 28.2 Å². The van der Waals surface area contributed by atoms with Gasteiger partial charge in [0.2, 0.25) is 0 Å². The van der Waals surface area contributed by atoms with Crippen molar-refractivity contribution >= 4 is 5.82 Å². The van der Waals surface area contributed by atoms with Crippen LogP contribution in [-0.2, 0) is 0 Å². The molecule has 1 unspecified atom stereocenters. The smallest absolute Gasteiger partial charge is 0.133 e. The number of aromatic nitrogens is 1. The normalized spacial score (nSPS) is 12.4. The van der Waals surface area contributed by atoms with E-state index in [2.05, 4.69) is 50.0 Å². The van der Waals surface area contributed by atoms with Gasteiger partial charge in [-0.1, -0.05) is 39.7 Å². The van der Waals surface area contributed by atoms with Crippen LogP contribution in [0.5, 0.6) is 0 Å². The van der Waals surface area contributed by atoms with Gasteiger partial charge in [-0.2, -0.15) is 0 Å². The first-order valence-electron chi connectivity index (χ1n) is 8.67. The number of unbranched alkanes of at least 4 members (excludes halogenated alkanes) is 2. The summed E-state index contributed by atoms with van der Waals surface area (Å²) in [7, 11) is 0. The lowest BCUT2D eigenvalue weighted by Crippen LogP contribution is -2.29. The molecule has 0 aliphatic rings. The minimum atomic E-state index is 0.361. The van der Waals surface area contributed by atoms with Crippen LogP contribution in [0.3, 0.4) is 0 Å². The van der Waals surface area contributed by atoms with Gasteiger partial charge in [-0.05, 0) is 38.8 Å². The molecule has 0 fully saturated rings. The van der Waals surface area contributed by atoms with Crippen molar-refractivity contribution in [1.82, 2.24) is 10.3 Å². The second kappa shape index (κ2) is 10.6. The molecule has 1 rings (SSSR count). The van der Waals surface area contributed by atoms with Crippen molar-refractivity contribution in [1.29, 1.82) is 0 Å². The van der Waals surface area contributed by atoms with Gasteiger partial charge in [0.05, 0.1) is 0 Å². The highest BCUT2D eigenvalue weighted by molar-refractivity contribution is 5.48. The van der Waals surface area contributed by atoms with Crippen LogP contribution in [0.2, 0.25) is 0 Å². The predicted octanol–water partition coefficient (Wildman–Crippen LogP) is 4.55. The van der Waals surface area contributed by atoms with Gasteiger partial charge in [-0.3, -0.25) is 0 Å². The molecule has 0 radical (unpaired) electrons. The van der Waals surface area contributed by atoms with Crippen molar-refractivity contribution in [3.05, 3.63) is 23.9 Å². The van der Waals surface area contributed by atoms with Crippen LogP contribution in [-0.4, -0.2) is 24.6 Å². The highest BCUT2D eigenvalue weighted by Crippen LogP contribution is 2.24. The largest absolute Gasteiger partial charge is 0.356 e. The van der Waals surface area contributed by atoms with Crippen molar-refractivity contribution in [2.45, 2.75) is 65.8 Å². The van der Waals surface area contributed by atoms with E-state index in [9.17, 15) is 0 Å². The Morgan fingerprint density at radius 1 is 1.10 bits per heavy atom. The average molecular weight is 291 g/mol. The maximum atomic E-state index is 4.70. The highest BCUT2D eigenvalue weighted by Gasteiger charge is 2.15. The maximum absolute atomic E-state index is 4.70. The summed E-state index contributed by atoms with van der Waals surface area (Å²) in [5.41, 5.74) is 1.33. The molecule has 0 amide bonds. The van der Waals surface area contributed by atoms with E-state index in [4.69, 9.17) is 4.98 Å². The van der Waals surface area contributed by atoms with E-state index < -0.39 is 0 Å². The van der Waals surface area contributed by atoms with Gasteiger partial charge in [0.25, 0.3) is 0 Å². The molecule has 0 saturated carbocycles. The van der Waals surface area contributed by atoms with Crippen LogP contribution in [0.25, 0.3) is 0 Å². The highest BCUT2D eigenvalue weighted by atomic mass is 15.2. The van der Waals surface area contributed by atoms with Crippen molar-refractivity contribution in [3.63, 3.8) is 0 Å². The third-order valence-electron chi connectivity index (χ3n) is 3.85. The summed E-state index contributed by atoms with van der Waals surface area (Å²) in [5, 5.41) is 3.59. The molecule has 1 aromatic heterocycles. The van der Waals surface area contributed by atoms with E-state index in [1.54, 1.807) is 0 Å². The van der Waals surface area contributed by atoms with E-state index in [1.165, 1.54) is 37.1 Å². The Hall–Kier alpha value is -1.09. The first kappa shape index (κ1) is 18.0. The lowest BCUT2D eigenvalue weighted by molar-refractivity contribution is 0.564. The summed E-state index contributed by atoms with van der Waals surface area (Å²) in [6, 6.07) is 4.64. The summed E-state index contributed by atoms with van der Waals surface area (Å²) < 4.78 is 0. The first-order chi connectivity index (χ1) is 10.2. The fourth-order valence-corrected chi connectivity index (χ4v) is 2.50. The third kappa shape index (κ3) is 6.04. The first-order valence-corrected chi connectivity index (χ1v) is 8.67. The van der Waals surface area contributed by atoms with Gasteiger partial charge in [0.1, 0.15) is 5.82 Å². The van der Waals surface area contributed by atoms with Crippen LogP contribution in [0, 0.1) is 0 Å². The minimum Gasteiger partial charge on any atom is -0.356 e. The Kier molecular flexibility index (Phi) is 9.07. The molecule has 0 aliphatic heterocycles. The number of nitrogens with one attached hydrogen (secondary N) is 1. The molecular formula is C18H33N3. The molecule has 1 N–H and O–H groups in total. The van der Waals surface area contributed by atoms with Gasteiger partial charge in [-0.15, -0.1) is 0 Å². The molecule has 1 heterocycles. The lowest BCUT2D eigenvalue weighted by Gasteiger charge is -2.28. The van der Waals surface area contributed by atoms with E-state index in [0.717, 1.165) is 26.1 Å². The summed E-state index contributed by atoms with van der Waals surface area (Å²) >= 11 is 0. The Morgan fingerprint density at radius 2 is 1.76 bits per heavy atom. The molecule has 0 aliphatic carbocycles. The summed E-state index contributed by atoms with van der Waals surface area (Å²) in [5.74, 6) is 1.18. The Labute approximate surface area is 131 Å². The summed E-state index contributed by atoms with van der Waals surface area (Å²) in [6.07, 6.45) is 8.02. The predicted molar refractivity (Wildman–Crippen MR) is 93.0 cm³/mol. The molecule has 0 spiro atoms. The van der Waals surface area contributed by atoms with Gasteiger partial charge >= 0.3 is 0 Å². The minimum absolute atomic E-state index is 0.361. The molecule has 1 atom stereocenters. The average Bonchev–Trinajstić information content (AvgIpc) is 2.53. The fourth-order valence-electron chi connectivity index (χ4n) is 2.50. The second-order valence-electron chi connectivity index (χ2n) is 5.79. The Morgan fingerprint density at radius 3 is 2.33 bits per heavy atom. The number of hydrogen-bond donors (Lipinski definition) is 1. The number of hydrogen-bond acceptors (Lipinski definition) is 3. The number of anilines is 1. The SMILES string of the molecule is CCCCN(CCCC)c1ncccc1C(C)NCCC. The fraction of sp³-hybridized carbons (Fsp3) is 0.722. The van der Waals surface area contributed by atoms with Crippen molar-refractivity contribution < 1.29 is 0 Å². The Bertz CT molecular complexity index is 370. The maximum Gasteiger partial charge on any atom is 0.133 e. The summed E-state index contributed by atoms with van der Waals surface area (Å²) in [4.78, 5) is 7.18. The molecule has 3 heteroatoms.